The van der Waals surface area contributed by atoms with Crippen LogP contribution in [0.5, 0.6) is 0 Å². The molecule has 0 aromatic heterocycles. The zero-order valence-electron chi connectivity index (χ0n) is 17.9. The van der Waals surface area contributed by atoms with E-state index >= 15 is 0 Å². The van der Waals surface area contributed by atoms with Gasteiger partial charge in [-0.1, -0.05) is 18.2 Å². The van der Waals surface area contributed by atoms with E-state index < -0.39 is 68.6 Å². The summed E-state index contributed by atoms with van der Waals surface area (Å²) in [5.74, 6) is -55.3. The van der Waals surface area contributed by atoms with Gasteiger partial charge in [-0.2, -0.15) is 83.1 Å². The summed E-state index contributed by atoms with van der Waals surface area (Å²) >= 11 is 0. The second-order valence-electron chi connectivity index (χ2n) is 6.38. The number of hydrogen-bond donors (Lipinski definition) is 0. The molecule has 37 heavy (non-hydrogen) atoms. The van der Waals surface area contributed by atoms with E-state index in [1.807, 2.05) is 0 Å². The van der Waals surface area contributed by atoms with Crippen molar-refractivity contribution < 1.29 is 118 Å². The number of allylic oxidation sites excluding steroid dienone is 1. The van der Waals surface area contributed by atoms with Crippen LogP contribution in [0.4, 0.5) is 74.6 Å². The van der Waals surface area contributed by atoms with E-state index in [-0.39, 0.29) is 31.0 Å². The Balaban J connectivity index is 0. The molecule has 0 spiro atoms. The third-order valence-electron chi connectivity index (χ3n) is 3.99. The summed E-state index contributed by atoms with van der Waals surface area (Å²) in [6, 6.07) is -0.362. The summed E-state index contributed by atoms with van der Waals surface area (Å²) < 4.78 is 249. The Morgan fingerprint density at radius 1 is 0.622 bits per heavy atom. The summed E-state index contributed by atoms with van der Waals surface area (Å²) in [7, 11) is -5.76. The topological polar surface area (TPSA) is 43.4 Å². The normalized spacial score (nSPS) is 15.6. The molecule has 0 radical (unpaired) electrons. The summed E-state index contributed by atoms with van der Waals surface area (Å²) in [5, 5.41) is 0. The Bertz CT molecular complexity index is 1100. The summed E-state index contributed by atoms with van der Waals surface area (Å²) in [4.78, 5) is -1.23. The molecule has 1 rings (SSSR count). The van der Waals surface area contributed by atoms with Gasteiger partial charge in [0.1, 0.15) is 4.90 Å². The van der Waals surface area contributed by atoms with Gasteiger partial charge < -0.3 is 5.61 Å². The van der Waals surface area contributed by atoms with E-state index in [2.05, 4.69) is 4.18 Å². The number of rotatable bonds is 9. The van der Waals surface area contributed by atoms with Crippen molar-refractivity contribution in [2.75, 3.05) is 0 Å². The monoisotopic (exact) mass is 612 g/mol. The average molecular weight is 612 g/mol. The fraction of sp³-hybridized carbons (Fsp3) is 0.467. The second kappa shape index (κ2) is 10.2. The molecule has 3 nitrogen and oxygen atoms in total. The van der Waals surface area contributed by atoms with Gasteiger partial charge >= 0.3 is 87.4 Å². The van der Waals surface area contributed by atoms with Crippen LogP contribution in [0.25, 0.3) is 0 Å². The van der Waals surface area contributed by atoms with Crippen LogP contribution in [0.2, 0.25) is 0 Å². The standard InChI is InChI=1S/C15H5F17O3S.Na.H/c16-7(8(17)35-36(33,34)6-4-2-1-3-5-6)9(18,19)10(20,21)11(22,23)12(24,25)13(26,27)14(28,29)15(30,31)32;;/h1-5H;;/q;+1;-1. The first kappa shape index (κ1) is 35.5. The van der Waals surface area contributed by atoms with E-state index in [0.29, 0.717) is 12.1 Å². The molecule has 0 aliphatic carbocycles. The van der Waals surface area contributed by atoms with Crippen molar-refractivity contribution >= 4 is 10.1 Å². The molecule has 1 aromatic rings. The number of hydrogen-bond acceptors (Lipinski definition) is 3. The maximum atomic E-state index is 13.6. The van der Waals surface area contributed by atoms with E-state index in [0.717, 1.165) is 18.2 Å². The van der Waals surface area contributed by atoms with Gasteiger partial charge in [0.25, 0.3) is 0 Å². The molecule has 0 fully saturated rings. The van der Waals surface area contributed by atoms with Crippen molar-refractivity contribution in [1.29, 1.82) is 0 Å². The maximum Gasteiger partial charge on any atom is 1.00 e. The number of alkyl halides is 15. The first-order valence-electron chi connectivity index (χ1n) is 8.03. The second-order valence-corrected chi connectivity index (χ2v) is 7.93. The van der Waals surface area contributed by atoms with E-state index in [1.165, 1.54) is 0 Å². The molecule has 0 aliphatic rings. The van der Waals surface area contributed by atoms with Crippen LogP contribution in [-0.2, 0) is 14.3 Å². The van der Waals surface area contributed by atoms with E-state index in [9.17, 15) is 83.1 Å². The first-order valence-corrected chi connectivity index (χ1v) is 9.44. The molecule has 0 unspecified atom stereocenters. The Hall–Kier alpha value is -1.48. The van der Waals surface area contributed by atoms with Gasteiger partial charge in [0, 0.05) is 0 Å². The van der Waals surface area contributed by atoms with Gasteiger partial charge in [0.2, 0.25) is 5.83 Å². The molecule has 0 saturated heterocycles. The smallest absolute Gasteiger partial charge is 1.00 e. The molecule has 22 heteroatoms. The summed E-state index contributed by atoms with van der Waals surface area (Å²) in [5.41, 5.74) is 0. The molecule has 0 amide bonds. The third kappa shape index (κ3) is 5.49. The Kier molecular flexibility index (Phi) is 9.84. The van der Waals surface area contributed by atoms with Crippen molar-refractivity contribution in [3.63, 3.8) is 0 Å². The zero-order chi connectivity index (χ0) is 29.0. The van der Waals surface area contributed by atoms with E-state index in [4.69, 9.17) is 0 Å². The van der Waals surface area contributed by atoms with Gasteiger partial charge in [-0.05, 0) is 12.1 Å². The van der Waals surface area contributed by atoms with Crippen LogP contribution < -0.4 is 29.6 Å². The predicted octanol–water partition coefficient (Wildman–Crippen LogP) is 3.99. The van der Waals surface area contributed by atoms with Crippen molar-refractivity contribution in [3.05, 3.63) is 42.2 Å². The van der Waals surface area contributed by atoms with Crippen LogP contribution in [0.3, 0.4) is 0 Å². The van der Waals surface area contributed by atoms with E-state index in [1.54, 1.807) is 0 Å². The molecule has 0 bridgehead atoms. The van der Waals surface area contributed by atoms with Crippen LogP contribution in [0.1, 0.15) is 1.43 Å². The minimum atomic E-state index is -8.74. The van der Waals surface area contributed by atoms with Gasteiger partial charge in [-0.15, -0.1) is 0 Å². The molecule has 0 N–H and O–H groups in total. The predicted molar refractivity (Wildman–Crippen MR) is 80.8 cm³/mol. The van der Waals surface area contributed by atoms with Gasteiger partial charge in [0.05, 0.1) is 0 Å². The van der Waals surface area contributed by atoms with Gasteiger partial charge in [-0.3, -0.25) is 0 Å². The maximum absolute atomic E-state index is 13.6. The fourth-order valence-electron chi connectivity index (χ4n) is 2.00. The van der Waals surface area contributed by atoms with Crippen LogP contribution in [0, 0.1) is 0 Å². The molecule has 0 heterocycles. The fourth-order valence-corrected chi connectivity index (χ4v) is 2.85. The summed E-state index contributed by atoms with van der Waals surface area (Å²) in [6.07, 6.45) is -7.84. The number of halogens is 17. The van der Waals surface area contributed by atoms with Crippen LogP contribution >= 0.6 is 0 Å². The molecule has 0 atom stereocenters. The minimum Gasteiger partial charge on any atom is -1.00 e. The molecule has 0 aliphatic heterocycles. The molecule has 0 saturated carbocycles. The Labute approximate surface area is 217 Å². The largest absolute Gasteiger partial charge is 1.00 e. The molecular weight excluding hydrogens is 606 g/mol. The third-order valence-corrected chi connectivity index (χ3v) is 5.21. The van der Waals surface area contributed by atoms with Crippen LogP contribution in [-0.4, -0.2) is 50.1 Å². The molecular formula is C15H6F17NaO3S. The SMILES string of the molecule is O=S(=O)(OC(F)=C(F)C(F)(F)C(F)(F)C(F)(F)C(F)(F)C(F)(F)C(F)(F)C(F)(F)F)c1ccccc1.[H-].[Na+]. The quantitative estimate of drug-likeness (QED) is 0.184. The zero-order valence-corrected chi connectivity index (χ0v) is 19.8. The minimum absolute atomic E-state index is 0. The van der Waals surface area contributed by atoms with Crippen molar-refractivity contribution in [3.8, 4) is 0 Å². The van der Waals surface area contributed by atoms with Gasteiger partial charge in [0.15, 0.2) is 0 Å². The summed E-state index contributed by atoms with van der Waals surface area (Å²) in [6.45, 7) is 0. The first-order chi connectivity index (χ1) is 15.6. The van der Waals surface area contributed by atoms with Gasteiger partial charge in [-0.25, -0.2) is 0 Å². The average Bonchev–Trinajstić information content (AvgIpc) is 2.71. The van der Waals surface area contributed by atoms with Crippen LogP contribution in [0.15, 0.2) is 47.1 Å². The van der Waals surface area contributed by atoms with Crippen molar-refractivity contribution in [2.45, 2.75) is 46.6 Å². The van der Waals surface area contributed by atoms with Crippen molar-refractivity contribution in [2.24, 2.45) is 0 Å². The Morgan fingerprint density at radius 2 is 0.973 bits per heavy atom. The van der Waals surface area contributed by atoms with Crippen molar-refractivity contribution in [1.82, 2.24) is 0 Å². The molecule has 210 valence electrons. The Morgan fingerprint density at radius 3 is 1.35 bits per heavy atom. The molecule has 1 aromatic carbocycles. The number of benzene rings is 1.